The fourth-order valence-electron chi connectivity index (χ4n) is 3.22. The van der Waals surface area contributed by atoms with Gasteiger partial charge in [0.15, 0.2) is 11.8 Å². The molecule has 9 nitrogen and oxygen atoms in total. The number of carbonyl (C=O) groups excluding carboxylic acids is 1. The van der Waals surface area contributed by atoms with Crippen LogP contribution in [0.4, 0.5) is 11.6 Å². The molecule has 10 heteroatoms. The number of anilines is 1. The normalized spacial score (nSPS) is 12.2. The largest absolute Gasteiger partial charge is 0.857 e. The highest BCUT2D eigenvalue weighted by Crippen LogP contribution is 2.42. The lowest BCUT2D eigenvalue weighted by atomic mass is 9.97. The number of hydrogen-bond donors (Lipinski definition) is 1. The van der Waals surface area contributed by atoms with Gasteiger partial charge in [-0.3, -0.25) is 9.32 Å². The van der Waals surface area contributed by atoms with Gasteiger partial charge in [0.1, 0.15) is 10.6 Å². The Morgan fingerprint density at radius 3 is 2.77 bits per heavy atom. The second-order valence-corrected chi connectivity index (χ2v) is 8.04. The van der Waals surface area contributed by atoms with E-state index >= 15 is 0 Å². The quantitative estimate of drug-likeness (QED) is 0.225. The van der Waals surface area contributed by atoms with Crippen molar-refractivity contribution in [3.8, 4) is 11.3 Å². The number of hydrogen-bond acceptors (Lipinski definition) is 9. The minimum atomic E-state index is -0.574. The van der Waals surface area contributed by atoms with Gasteiger partial charge in [0.25, 0.3) is 6.20 Å². The van der Waals surface area contributed by atoms with Crippen LogP contribution in [0.15, 0.2) is 38.5 Å². The first-order valence-corrected chi connectivity index (χ1v) is 10.0. The van der Waals surface area contributed by atoms with Crippen LogP contribution in [-0.2, 0) is 0 Å². The molecule has 30 heavy (non-hydrogen) atoms. The number of Topliss-reactive ketones (excluding diaryl/α,β-unsaturated/α-hetero) is 1. The molecular weight excluding hydrogens is 406 g/mol. The third-order valence-electron chi connectivity index (χ3n) is 4.58. The number of ketones is 1. The maximum Gasteiger partial charge on any atom is 0.320 e. The Hall–Kier alpha value is -3.53. The molecule has 4 aromatic rings. The van der Waals surface area contributed by atoms with Crippen molar-refractivity contribution >= 4 is 44.8 Å². The van der Waals surface area contributed by atoms with Gasteiger partial charge < -0.3 is 15.3 Å². The minimum Gasteiger partial charge on any atom is -0.857 e. The number of nitrogen functional groups attached to an aromatic ring is 1. The maximum absolute atomic E-state index is 12.8. The van der Waals surface area contributed by atoms with E-state index in [-0.39, 0.29) is 28.3 Å². The summed E-state index contributed by atoms with van der Waals surface area (Å²) in [5.74, 6) is -0.193. The number of thiophene rings is 1. The molecule has 0 aromatic carbocycles. The molecule has 0 spiro atoms. The lowest BCUT2D eigenvalue weighted by Gasteiger charge is -2.11. The summed E-state index contributed by atoms with van der Waals surface area (Å²) in [6.45, 7) is 7.05. The minimum absolute atomic E-state index is 0.0650. The lowest BCUT2D eigenvalue weighted by molar-refractivity contribution is -0.779. The Kier molecular flexibility index (Phi) is 4.86. The van der Waals surface area contributed by atoms with E-state index in [1.54, 1.807) is 23.7 Å². The Morgan fingerprint density at radius 2 is 2.17 bits per heavy atom. The fourth-order valence-corrected chi connectivity index (χ4v) is 4.25. The molecule has 0 saturated heterocycles. The van der Waals surface area contributed by atoms with Crippen LogP contribution in [0.25, 0.3) is 21.5 Å². The van der Waals surface area contributed by atoms with Crippen LogP contribution in [0, 0.1) is 6.92 Å². The molecule has 4 heterocycles. The Bertz CT molecular complexity index is 1280. The maximum atomic E-state index is 12.8. The SMILES string of the molecule is CC(=O)c1c(C)nc2sc(/C([O-])=N/c3c[n+](C(C)C)no3)c(N)c2c1-c1ccco1. The van der Waals surface area contributed by atoms with E-state index in [1.807, 2.05) is 13.8 Å². The Morgan fingerprint density at radius 1 is 1.40 bits per heavy atom. The average Bonchev–Trinajstić information content (AvgIpc) is 3.41. The van der Waals surface area contributed by atoms with Crippen LogP contribution < -0.4 is 15.5 Å². The molecule has 0 radical (unpaired) electrons. The van der Waals surface area contributed by atoms with Crippen LogP contribution in [0.5, 0.6) is 0 Å². The summed E-state index contributed by atoms with van der Waals surface area (Å²) >= 11 is 1.11. The van der Waals surface area contributed by atoms with Crippen molar-refractivity contribution in [3.63, 3.8) is 0 Å². The molecule has 0 bridgehead atoms. The van der Waals surface area contributed by atoms with Crippen LogP contribution in [0.3, 0.4) is 0 Å². The first-order chi connectivity index (χ1) is 14.3. The molecule has 0 saturated carbocycles. The number of furan rings is 1. The van der Waals surface area contributed by atoms with Gasteiger partial charge in [0, 0.05) is 16.8 Å². The van der Waals surface area contributed by atoms with Crippen molar-refractivity contribution < 1.29 is 23.5 Å². The molecule has 0 aliphatic rings. The van der Waals surface area contributed by atoms with Crippen LogP contribution >= 0.6 is 11.3 Å². The fraction of sp³-hybridized carbons (Fsp3) is 0.250. The van der Waals surface area contributed by atoms with Crippen LogP contribution in [0.1, 0.15) is 47.7 Å². The second-order valence-electron chi connectivity index (χ2n) is 7.04. The highest BCUT2D eigenvalue weighted by Gasteiger charge is 2.24. The molecule has 0 fully saturated rings. The predicted molar refractivity (Wildman–Crippen MR) is 110 cm³/mol. The number of aliphatic imine (C=N–C) groups is 1. The number of pyridine rings is 1. The van der Waals surface area contributed by atoms with Crippen LogP contribution in [0.2, 0.25) is 0 Å². The van der Waals surface area contributed by atoms with Crippen molar-refractivity contribution in [1.29, 1.82) is 0 Å². The summed E-state index contributed by atoms with van der Waals surface area (Å²) in [4.78, 5) is 21.6. The van der Waals surface area contributed by atoms with E-state index in [0.29, 0.717) is 32.8 Å². The highest BCUT2D eigenvalue weighted by atomic mass is 32.1. The van der Waals surface area contributed by atoms with Gasteiger partial charge in [-0.15, -0.1) is 11.3 Å². The van der Waals surface area contributed by atoms with Gasteiger partial charge in [0.2, 0.25) is 5.27 Å². The zero-order valence-corrected chi connectivity index (χ0v) is 17.6. The Balaban J connectivity index is 1.93. The summed E-state index contributed by atoms with van der Waals surface area (Å²) < 4.78 is 12.2. The smallest absolute Gasteiger partial charge is 0.320 e. The number of fused-ring (bicyclic) bond motifs is 1. The van der Waals surface area contributed by atoms with E-state index in [2.05, 4.69) is 15.2 Å². The number of carbonyl (C=O) groups is 1. The van der Waals surface area contributed by atoms with Gasteiger partial charge >= 0.3 is 5.88 Å². The molecule has 2 N–H and O–H groups in total. The molecule has 0 amide bonds. The number of nitrogens with zero attached hydrogens (tertiary/aromatic N) is 4. The first kappa shape index (κ1) is 19.8. The van der Waals surface area contributed by atoms with E-state index in [1.165, 1.54) is 19.4 Å². The topological polar surface area (TPSA) is 134 Å². The van der Waals surface area contributed by atoms with E-state index in [0.717, 1.165) is 11.3 Å². The zero-order valence-electron chi connectivity index (χ0n) is 16.8. The molecular formula is C20H19N5O4S. The number of aromatic nitrogens is 3. The molecule has 0 atom stereocenters. The summed E-state index contributed by atoms with van der Waals surface area (Å²) in [5, 5.41) is 17.2. The number of aryl methyl sites for hydroxylation is 1. The molecule has 0 aliphatic carbocycles. The standard InChI is InChI=1S/C20H19N5O4S/c1-9(2)25-8-13(29-24-25)23-19(27)18-17(21)16-15(12-6-5-7-28-12)14(11(4)26)10(3)22-20(16)30-18/h5-9H,1-4H3,(H2-,21,23,24,27). The molecule has 154 valence electrons. The van der Waals surface area contributed by atoms with Crippen molar-refractivity contribution in [1.82, 2.24) is 10.3 Å². The number of rotatable bonds is 5. The number of nitrogens with two attached hydrogens (primary N) is 1. The predicted octanol–water partition coefficient (Wildman–Crippen LogP) is 2.94. The van der Waals surface area contributed by atoms with E-state index in [4.69, 9.17) is 14.7 Å². The summed E-state index contributed by atoms with van der Waals surface area (Å²) in [6.07, 6.45) is 3.05. The van der Waals surface area contributed by atoms with Crippen molar-refractivity contribution in [2.75, 3.05) is 5.73 Å². The van der Waals surface area contributed by atoms with Gasteiger partial charge in [-0.2, -0.15) is 0 Å². The first-order valence-electron chi connectivity index (χ1n) is 9.19. The van der Waals surface area contributed by atoms with E-state index < -0.39 is 5.90 Å². The van der Waals surface area contributed by atoms with Crippen LogP contribution in [-0.4, -0.2) is 21.9 Å². The van der Waals surface area contributed by atoms with Gasteiger partial charge in [-0.25, -0.2) is 9.98 Å². The van der Waals surface area contributed by atoms with Gasteiger partial charge in [-0.1, -0.05) is 0 Å². The second kappa shape index (κ2) is 7.38. The third-order valence-corrected chi connectivity index (χ3v) is 5.67. The van der Waals surface area contributed by atoms with Crippen molar-refractivity contribution in [2.24, 2.45) is 4.99 Å². The van der Waals surface area contributed by atoms with Crippen molar-refractivity contribution in [2.45, 2.75) is 33.7 Å². The molecule has 4 rings (SSSR count). The van der Waals surface area contributed by atoms with Gasteiger partial charge in [-0.05, 0) is 44.5 Å². The molecule has 0 aliphatic heterocycles. The summed E-state index contributed by atoms with van der Waals surface area (Å²) in [7, 11) is 0. The molecule has 4 aromatic heterocycles. The highest BCUT2D eigenvalue weighted by molar-refractivity contribution is 7.21. The van der Waals surface area contributed by atoms with E-state index in [9.17, 15) is 9.90 Å². The monoisotopic (exact) mass is 425 g/mol. The summed E-state index contributed by atoms with van der Waals surface area (Å²) in [5.41, 5.74) is 8.02. The summed E-state index contributed by atoms with van der Waals surface area (Å²) in [6, 6.07) is 3.52. The van der Waals surface area contributed by atoms with Gasteiger partial charge in [0.05, 0.1) is 28.1 Å². The van der Waals surface area contributed by atoms with Crippen molar-refractivity contribution in [3.05, 3.63) is 40.7 Å². The Labute approximate surface area is 175 Å². The average molecular weight is 425 g/mol. The molecule has 0 unspecified atom stereocenters. The zero-order chi connectivity index (χ0) is 21.6. The third kappa shape index (κ3) is 3.24. The lowest BCUT2D eigenvalue weighted by Crippen LogP contribution is -2.36.